The number of amides is 1. The van der Waals surface area contributed by atoms with Crippen LogP contribution in [-0.4, -0.2) is 37.4 Å². The van der Waals surface area contributed by atoms with Crippen LogP contribution < -0.4 is 5.32 Å². The van der Waals surface area contributed by atoms with Gasteiger partial charge in [-0.25, -0.2) is 9.67 Å². The SMILES string of the molecule is CCCc1noc(-c2ccc(-n3ncc(C(=O)NCC)c3C)nc2)n1. The molecule has 0 aromatic carbocycles. The number of hydrogen-bond acceptors (Lipinski definition) is 6. The Hall–Kier alpha value is -3.03. The number of nitrogens with zero attached hydrogens (tertiary/aromatic N) is 5. The first-order valence-electron chi connectivity index (χ1n) is 8.26. The lowest BCUT2D eigenvalue weighted by atomic mass is 10.2. The lowest BCUT2D eigenvalue weighted by molar-refractivity contribution is 0.0955. The normalized spacial score (nSPS) is 10.8. The number of carbonyl (C=O) groups is 1. The molecular formula is C17H20N6O2. The highest BCUT2D eigenvalue weighted by atomic mass is 16.5. The Labute approximate surface area is 145 Å². The van der Waals surface area contributed by atoms with E-state index in [0.29, 0.717) is 29.6 Å². The van der Waals surface area contributed by atoms with E-state index in [1.807, 2.05) is 19.9 Å². The second-order valence-electron chi connectivity index (χ2n) is 5.59. The summed E-state index contributed by atoms with van der Waals surface area (Å²) in [6.07, 6.45) is 4.95. The zero-order chi connectivity index (χ0) is 17.8. The third kappa shape index (κ3) is 3.42. The van der Waals surface area contributed by atoms with E-state index < -0.39 is 0 Å². The van der Waals surface area contributed by atoms with Crippen molar-refractivity contribution in [2.24, 2.45) is 0 Å². The highest BCUT2D eigenvalue weighted by Crippen LogP contribution is 2.19. The van der Waals surface area contributed by atoms with Gasteiger partial charge in [0.1, 0.15) is 0 Å². The van der Waals surface area contributed by atoms with Crippen molar-refractivity contribution >= 4 is 5.91 Å². The summed E-state index contributed by atoms with van der Waals surface area (Å²) >= 11 is 0. The van der Waals surface area contributed by atoms with E-state index >= 15 is 0 Å². The van der Waals surface area contributed by atoms with Crippen LogP contribution in [0.1, 0.15) is 42.1 Å². The molecule has 0 aliphatic rings. The number of hydrogen-bond donors (Lipinski definition) is 1. The molecule has 0 saturated carbocycles. The maximum Gasteiger partial charge on any atom is 0.259 e. The molecule has 3 heterocycles. The van der Waals surface area contributed by atoms with Crippen LogP contribution in [-0.2, 0) is 6.42 Å². The van der Waals surface area contributed by atoms with Crippen LogP contribution in [0.4, 0.5) is 0 Å². The number of nitrogens with one attached hydrogen (secondary N) is 1. The fraction of sp³-hybridized carbons (Fsp3) is 0.353. The Kier molecular flexibility index (Phi) is 4.87. The Balaban J connectivity index is 1.84. The van der Waals surface area contributed by atoms with Crippen molar-refractivity contribution in [3.8, 4) is 17.3 Å². The Bertz CT molecular complexity index is 866. The van der Waals surface area contributed by atoms with E-state index in [-0.39, 0.29) is 5.91 Å². The molecule has 0 atom stereocenters. The predicted octanol–water partition coefficient (Wildman–Crippen LogP) is 2.33. The van der Waals surface area contributed by atoms with Crippen LogP contribution in [0.3, 0.4) is 0 Å². The summed E-state index contributed by atoms with van der Waals surface area (Å²) in [5.74, 6) is 1.61. The molecule has 0 saturated heterocycles. The highest BCUT2D eigenvalue weighted by molar-refractivity contribution is 5.95. The summed E-state index contributed by atoms with van der Waals surface area (Å²) in [7, 11) is 0. The number of pyridine rings is 1. The summed E-state index contributed by atoms with van der Waals surface area (Å²) in [6.45, 7) is 6.35. The van der Waals surface area contributed by atoms with Crippen molar-refractivity contribution in [3.63, 3.8) is 0 Å². The van der Waals surface area contributed by atoms with Crippen molar-refractivity contribution in [1.82, 2.24) is 30.2 Å². The van der Waals surface area contributed by atoms with E-state index in [1.165, 1.54) is 0 Å². The maximum atomic E-state index is 12.0. The van der Waals surface area contributed by atoms with Crippen LogP contribution in [0, 0.1) is 6.92 Å². The molecule has 0 aliphatic carbocycles. The quantitative estimate of drug-likeness (QED) is 0.739. The second kappa shape index (κ2) is 7.25. The van der Waals surface area contributed by atoms with E-state index in [4.69, 9.17) is 4.52 Å². The van der Waals surface area contributed by atoms with Crippen LogP contribution in [0.2, 0.25) is 0 Å². The summed E-state index contributed by atoms with van der Waals surface area (Å²) in [6, 6.07) is 3.65. The monoisotopic (exact) mass is 340 g/mol. The number of aromatic nitrogens is 5. The summed E-state index contributed by atoms with van der Waals surface area (Å²) in [4.78, 5) is 20.7. The van der Waals surface area contributed by atoms with E-state index in [0.717, 1.165) is 24.1 Å². The van der Waals surface area contributed by atoms with Gasteiger partial charge in [0.25, 0.3) is 11.8 Å². The molecule has 3 aromatic rings. The van der Waals surface area contributed by atoms with Gasteiger partial charge in [0.15, 0.2) is 11.6 Å². The molecule has 1 amide bonds. The highest BCUT2D eigenvalue weighted by Gasteiger charge is 2.15. The number of carbonyl (C=O) groups excluding carboxylic acids is 1. The molecule has 130 valence electrons. The van der Waals surface area contributed by atoms with E-state index in [9.17, 15) is 4.79 Å². The topological polar surface area (TPSA) is 98.7 Å². The van der Waals surface area contributed by atoms with E-state index in [1.54, 1.807) is 23.1 Å². The van der Waals surface area contributed by atoms with Crippen molar-refractivity contribution < 1.29 is 9.32 Å². The van der Waals surface area contributed by atoms with Gasteiger partial charge >= 0.3 is 0 Å². The first kappa shape index (κ1) is 16.8. The molecule has 0 unspecified atom stereocenters. The van der Waals surface area contributed by atoms with Gasteiger partial charge in [-0.05, 0) is 32.4 Å². The van der Waals surface area contributed by atoms with Gasteiger partial charge in [0.2, 0.25) is 0 Å². The largest absolute Gasteiger partial charge is 0.352 e. The molecule has 0 bridgehead atoms. The molecule has 0 radical (unpaired) electrons. The molecule has 3 rings (SSSR count). The molecule has 0 fully saturated rings. The van der Waals surface area contributed by atoms with Crippen LogP contribution >= 0.6 is 0 Å². The van der Waals surface area contributed by atoms with Gasteiger partial charge in [-0.1, -0.05) is 12.1 Å². The fourth-order valence-electron chi connectivity index (χ4n) is 2.45. The van der Waals surface area contributed by atoms with Crippen molar-refractivity contribution in [2.75, 3.05) is 6.54 Å². The zero-order valence-corrected chi connectivity index (χ0v) is 14.5. The molecule has 3 aromatic heterocycles. The Morgan fingerprint density at radius 2 is 2.12 bits per heavy atom. The van der Waals surface area contributed by atoms with Crippen molar-refractivity contribution in [1.29, 1.82) is 0 Å². The maximum absolute atomic E-state index is 12.0. The van der Waals surface area contributed by atoms with Crippen molar-refractivity contribution in [3.05, 3.63) is 41.6 Å². The van der Waals surface area contributed by atoms with Gasteiger partial charge < -0.3 is 9.84 Å². The Morgan fingerprint density at radius 1 is 1.28 bits per heavy atom. The average molecular weight is 340 g/mol. The molecular weight excluding hydrogens is 320 g/mol. The second-order valence-corrected chi connectivity index (χ2v) is 5.59. The molecule has 25 heavy (non-hydrogen) atoms. The fourth-order valence-corrected chi connectivity index (χ4v) is 2.45. The zero-order valence-electron chi connectivity index (χ0n) is 14.5. The molecule has 0 aliphatic heterocycles. The van der Waals surface area contributed by atoms with Crippen LogP contribution in [0.15, 0.2) is 29.0 Å². The summed E-state index contributed by atoms with van der Waals surface area (Å²) in [5, 5.41) is 11.0. The molecule has 8 nitrogen and oxygen atoms in total. The minimum Gasteiger partial charge on any atom is -0.352 e. The smallest absolute Gasteiger partial charge is 0.259 e. The number of aryl methyl sites for hydroxylation is 1. The average Bonchev–Trinajstić information content (AvgIpc) is 3.22. The van der Waals surface area contributed by atoms with Crippen LogP contribution in [0.5, 0.6) is 0 Å². The Morgan fingerprint density at radius 3 is 2.80 bits per heavy atom. The summed E-state index contributed by atoms with van der Waals surface area (Å²) < 4.78 is 6.89. The summed E-state index contributed by atoms with van der Waals surface area (Å²) in [5.41, 5.74) is 2.01. The molecule has 0 spiro atoms. The minimum absolute atomic E-state index is 0.141. The predicted molar refractivity (Wildman–Crippen MR) is 91.4 cm³/mol. The van der Waals surface area contributed by atoms with Crippen LogP contribution in [0.25, 0.3) is 17.3 Å². The van der Waals surface area contributed by atoms with Gasteiger partial charge in [0.05, 0.1) is 23.0 Å². The van der Waals surface area contributed by atoms with Gasteiger partial charge in [-0.2, -0.15) is 10.1 Å². The minimum atomic E-state index is -0.141. The van der Waals surface area contributed by atoms with E-state index in [2.05, 4.69) is 32.5 Å². The first-order valence-corrected chi connectivity index (χ1v) is 8.26. The standard InChI is InChI=1S/C17H20N6O2/c1-4-6-14-21-17(25-22-14)12-7-8-15(19-9-12)23-11(3)13(10-20-23)16(24)18-5-2/h7-10H,4-6H2,1-3H3,(H,18,24). The first-order chi connectivity index (χ1) is 12.1. The lowest BCUT2D eigenvalue weighted by Gasteiger charge is -2.05. The van der Waals surface area contributed by atoms with Crippen molar-refractivity contribution in [2.45, 2.75) is 33.6 Å². The van der Waals surface area contributed by atoms with Gasteiger partial charge in [-0.15, -0.1) is 0 Å². The lowest BCUT2D eigenvalue weighted by Crippen LogP contribution is -2.23. The number of rotatable bonds is 6. The van der Waals surface area contributed by atoms with Gasteiger partial charge in [-0.3, -0.25) is 4.79 Å². The third-order valence-electron chi connectivity index (χ3n) is 3.75. The molecule has 1 N–H and O–H groups in total. The third-order valence-corrected chi connectivity index (χ3v) is 3.75. The van der Waals surface area contributed by atoms with Gasteiger partial charge in [0, 0.05) is 19.2 Å². The molecule has 8 heteroatoms.